The van der Waals surface area contributed by atoms with Crippen molar-refractivity contribution in [1.29, 1.82) is 0 Å². The maximum Gasteiger partial charge on any atom is 0.137 e. The van der Waals surface area contributed by atoms with Gasteiger partial charge in [0.2, 0.25) is 0 Å². The quantitative estimate of drug-likeness (QED) is 0.183. The van der Waals surface area contributed by atoms with Crippen molar-refractivity contribution in [2.24, 2.45) is 0 Å². The number of anilines is 3. The molecule has 0 radical (unpaired) electrons. The third kappa shape index (κ3) is 3.96. The van der Waals surface area contributed by atoms with Gasteiger partial charge in [0.05, 0.1) is 16.5 Å². The van der Waals surface area contributed by atoms with Gasteiger partial charge in [-0.3, -0.25) is 0 Å². The molecule has 1 aliphatic carbocycles. The van der Waals surface area contributed by atoms with Crippen molar-refractivity contribution >= 4 is 60.9 Å². The Labute approximate surface area is 300 Å². The van der Waals surface area contributed by atoms with Gasteiger partial charge in [0.25, 0.3) is 0 Å². The zero-order valence-electron chi connectivity index (χ0n) is 28.2. The predicted octanol–water partition coefficient (Wildman–Crippen LogP) is 13.3. The van der Waals surface area contributed by atoms with Gasteiger partial charge in [-0.1, -0.05) is 133 Å². The fourth-order valence-electron chi connectivity index (χ4n) is 8.89. The predicted molar refractivity (Wildman–Crippen MR) is 213 cm³/mol. The maximum absolute atomic E-state index is 6.74. The van der Waals surface area contributed by atoms with E-state index in [1.807, 2.05) is 12.1 Å². The normalized spacial score (nSPS) is 13.2. The minimum absolute atomic E-state index is 0.554. The number of benzene rings is 8. The Kier molecular flexibility index (Phi) is 6.17. The van der Waals surface area contributed by atoms with E-state index >= 15 is 0 Å². The minimum Gasteiger partial charge on any atom is -0.456 e. The highest BCUT2D eigenvalue weighted by Gasteiger charge is 2.47. The lowest BCUT2D eigenvalue weighted by Gasteiger charge is -2.34. The number of hydrogen-bond acceptors (Lipinski definition) is 3. The van der Waals surface area contributed by atoms with Crippen LogP contribution in [0.2, 0.25) is 0 Å². The van der Waals surface area contributed by atoms with Crippen LogP contribution >= 0.6 is 0 Å². The van der Waals surface area contributed by atoms with Gasteiger partial charge in [0.1, 0.15) is 22.3 Å². The van der Waals surface area contributed by atoms with E-state index in [1.165, 1.54) is 33.4 Å². The van der Waals surface area contributed by atoms with E-state index in [1.54, 1.807) is 0 Å². The molecule has 1 aliphatic rings. The van der Waals surface area contributed by atoms with Gasteiger partial charge >= 0.3 is 0 Å². The van der Waals surface area contributed by atoms with Crippen LogP contribution in [0.25, 0.3) is 55.0 Å². The van der Waals surface area contributed by atoms with Crippen molar-refractivity contribution in [3.8, 4) is 11.1 Å². The van der Waals surface area contributed by atoms with E-state index in [2.05, 4.69) is 181 Å². The fraction of sp³-hybridized carbons (Fsp3) is 0.0204. The first-order chi connectivity index (χ1) is 25.8. The van der Waals surface area contributed by atoms with E-state index in [0.29, 0.717) is 0 Å². The topological polar surface area (TPSA) is 29.5 Å². The van der Waals surface area contributed by atoms with Crippen LogP contribution in [0.1, 0.15) is 22.3 Å². The number of furan rings is 2. The maximum atomic E-state index is 6.74. The Balaban J connectivity index is 1.23. The van der Waals surface area contributed by atoms with E-state index in [9.17, 15) is 0 Å². The van der Waals surface area contributed by atoms with Gasteiger partial charge in [-0.25, -0.2) is 0 Å². The van der Waals surface area contributed by atoms with Crippen LogP contribution in [0.4, 0.5) is 17.1 Å². The molecular weight excluding hydrogens is 635 g/mol. The van der Waals surface area contributed by atoms with Crippen LogP contribution in [0, 0.1) is 0 Å². The lowest BCUT2D eigenvalue weighted by molar-refractivity contribution is 0.667. The summed E-state index contributed by atoms with van der Waals surface area (Å²) in [4.78, 5) is 2.35. The first kappa shape index (κ1) is 28.9. The molecule has 2 heterocycles. The van der Waals surface area contributed by atoms with E-state index in [4.69, 9.17) is 8.83 Å². The summed E-state index contributed by atoms with van der Waals surface area (Å²) < 4.78 is 13.1. The van der Waals surface area contributed by atoms with Crippen LogP contribution in [-0.4, -0.2) is 0 Å². The highest BCUT2D eigenvalue weighted by Crippen LogP contribution is 2.58. The molecule has 8 aromatic carbocycles. The number of para-hydroxylation sites is 2. The molecule has 0 saturated heterocycles. The van der Waals surface area contributed by atoms with Crippen molar-refractivity contribution < 1.29 is 8.83 Å². The molecular formula is C49H31NO2. The molecule has 244 valence electrons. The van der Waals surface area contributed by atoms with Crippen LogP contribution in [0.15, 0.2) is 197 Å². The monoisotopic (exact) mass is 665 g/mol. The molecule has 0 amide bonds. The molecule has 0 bridgehead atoms. The highest BCUT2D eigenvalue weighted by atomic mass is 16.3. The van der Waals surface area contributed by atoms with Crippen LogP contribution in [-0.2, 0) is 5.41 Å². The van der Waals surface area contributed by atoms with Crippen molar-refractivity contribution in [2.45, 2.75) is 5.41 Å². The Morgan fingerprint density at radius 1 is 0.365 bits per heavy atom. The summed E-state index contributed by atoms with van der Waals surface area (Å²) in [6, 6.07) is 67.2. The standard InChI is InChI=1S/C49H31NO2/c1-3-15-32(16-4-1)49(39-22-10-7-19-35(39)36-20-8-11-23-40(36)49)41-24-13-27-45-47(41)38-31-34(29-30-44(38)52-45)50(33-17-5-2-6-18-33)42-25-14-28-46-48(42)37-21-9-12-26-43(37)51-46/h1-31H. The average Bonchev–Trinajstić information content (AvgIpc) is 3.87. The lowest BCUT2D eigenvalue weighted by Crippen LogP contribution is -2.28. The molecule has 0 fully saturated rings. The SMILES string of the molecule is c1ccc(N(c2ccc3oc4cccc(C5(c6ccccc6)c6ccccc6-c6ccccc65)c4c3c2)c2cccc3oc4ccccc4c23)cc1. The van der Waals surface area contributed by atoms with E-state index < -0.39 is 5.41 Å². The number of hydrogen-bond donors (Lipinski definition) is 0. The van der Waals surface area contributed by atoms with Crippen molar-refractivity contribution in [3.05, 3.63) is 210 Å². The largest absolute Gasteiger partial charge is 0.456 e. The first-order valence-electron chi connectivity index (χ1n) is 17.8. The Bertz CT molecular complexity index is 2930. The molecule has 0 N–H and O–H groups in total. The number of nitrogens with zero attached hydrogens (tertiary/aromatic N) is 1. The average molecular weight is 666 g/mol. The molecule has 11 rings (SSSR count). The summed E-state index contributed by atoms with van der Waals surface area (Å²) in [5, 5.41) is 4.37. The van der Waals surface area contributed by atoms with E-state index in [0.717, 1.165) is 60.9 Å². The minimum atomic E-state index is -0.554. The molecule has 0 aliphatic heterocycles. The van der Waals surface area contributed by atoms with Crippen LogP contribution in [0.5, 0.6) is 0 Å². The molecule has 52 heavy (non-hydrogen) atoms. The Morgan fingerprint density at radius 2 is 0.923 bits per heavy atom. The van der Waals surface area contributed by atoms with Gasteiger partial charge < -0.3 is 13.7 Å². The molecule has 2 aromatic heterocycles. The Morgan fingerprint density at radius 3 is 1.67 bits per heavy atom. The van der Waals surface area contributed by atoms with Crippen molar-refractivity contribution in [3.63, 3.8) is 0 Å². The summed E-state index contributed by atoms with van der Waals surface area (Å²) >= 11 is 0. The summed E-state index contributed by atoms with van der Waals surface area (Å²) in [6.07, 6.45) is 0. The number of rotatable bonds is 5. The van der Waals surface area contributed by atoms with Gasteiger partial charge in [-0.2, -0.15) is 0 Å². The Hall–Kier alpha value is -6.84. The molecule has 0 unspecified atom stereocenters. The van der Waals surface area contributed by atoms with Crippen molar-refractivity contribution in [1.82, 2.24) is 0 Å². The zero-order chi connectivity index (χ0) is 34.2. The van der Waals surface area contributed by atoms with Crippen LogP contribution in [0.3, 0.4) is 0 Å². The van der Waals surface area contributed by atoms with Crippen molar-refractivity contribution in [2.75, 3.05) is 4.90 Å². The van der Waals surface area contributed by atoms with Gasteiger partial charge in [0.15, 0.2) is 0 Å². The molecule has 10 aromatic rings. The van der Waals surface area contributed by atoms with Gasteiger partial charge in [-0.15, -0.1) is 0 Å². The molecule has 0 spiro atoms. The second-order valence-corrected chi connectivity index (χ2v) is 13.6. The second kappa shape index (κ2) is 11.1. The fourth-order valence-corrected chi connectivity index (χ4v) is 8.89. The van der Waals surface area contributed by atoms with E-state index in [-0.39, 0.29) is 0 Å². The number of fused-ring (bicyclic) bond motifs is 9. The summed E-state index contributed by atoms with van der Waals surface area (Å²) in [5.41, 5.74) is 13.6. The molecule has 3 heteroatoms. The highest BCUT2D eigenvalue weighted by molar-refractivity contribution is 6.14. The summed E-state index contributed by atoms with van der Waals surface area (Å²) in [6.45, 7) is 0. The smallest absolute Gasteiger partial charge is 0.137 e. The molecule has 0 saturated carbocycles. The molecule has 3 nitrogen and oxygen atoms in total. The summed E-state index contributed by atoms with van der Waals surface area (Å²) in [7, 11) is 0. The third-order valence-electron chi connectivity index (χ3n) is 10.9. The van der Waals surface area contributed by atoms with Gasteiger partial charge in [0, 0.05) is 27.5 Å². The first-order valence-corrected chi connectivity index (χ1v) is 17.8. The van der Waals surface area contributed by atoms with Gasteiger partial charge in [-0.05, 0) is 88.0 Å². The zero-order valence-corrected chi connectivity index (χ0v) is 28.2. The second-order valence-electron chi connectivity index (χ2n) is 13.6. The lowest BCUT2D eigenvalue weighted by atomic mass is 9.66. The molecule has 0 atom stereocenters. The summed E-state index contributed by atoms with van der Waals surface area (Å²) in [5.74, 6) is 0. The van der Waals surface area contributed by atoms with Crippen LogP contribution < -0.4 is 4.90 Å². The third-order valence-corrected chi connectivity index (χ3v) is 10.9.